The molecule has 150 valence electrons. The quantitative estimate of drug-likeness (QED) is 0.735. The first kappa shape index (κ1) is 19.0. The van der Waals surface area contributed by atoms with Crippen LogP contribution >= 0.6 is 0 Å². The number of carbonyl (C=O) groups excluding carboxylic acids is 2. The van der Waals surface area contributed by atoms with Crippen LogP contribution in [0.1, 0.15) is 73.1 Å². The highest BCUT2D eigenvalue weighted by molar-refractivity contribution is 5.89. The maximum absolute atomic E-state index is 13.0. The van der Waals surface area contributed by atoms with E-state index >= 15 is 0 Å². The lowest BCUT2D eigenvalue weighted by molar-refractivity contribution is -0.135. The van der Waals surface area contributed by atoms with E-state index in [4.69, 9.17) is 0 Å². The second-order valence-electron chi connectivity index (χ2n) is 11.1. The predicted octanol–water partition coefficient (Wildman–Crippen LogP) is 3.81. The van der Waals surface area contributed by atoms with Crippen molar-refractivity contribution in [3.05, 3.63) is 12.2 Å². The number of nitrogens with one attached hydrogen (secondary N) is 2. The molecule has 0 bridgehead atoms. The summed E-state index contributed by atoms with van der Waals surface area (Å²) in [7, 11) is 0. The van der Waals surface area contributed by atoms with Crippen molar-refractivity contribution in [1.82, 2.24) is 10.6 Å². The van der Waals surface area contributed by atoms with Crippen molar-refractivity contribution in [2.24, 2.45) is 34.5 Å². The zero-order valence-electron chi connectivity index (χ0n) is 17.6. The number of carbonyl (C=O) groups is 2. The van der Waals surface area contributed by atoms with Gasteiger partial charge < -0.3 is 10.6 Å². The van der Waals surface area contributed by atoms with Crippen LogP contribution in [0.15, 0.2) is 12.2 Å². The van der Waals surface area contributed by atoms with Gasteiger partial charge in [-0.05, 0) is 88.5 Å². The Kier molecular flexibility index (Phi) is 4.29. The summed E-state index contributed by atoms with van der Waals surface area (Å²) in [5.74, 6) is 2.41. The van der Waals surface area contributed by atoms with E-state index in [2.05, 4.69) is 51.3 Å². The maximum atomic E-state index is 13.0. The summed E-state index contributed by atoms with van der Waals surface area (Å²) in [5.41, 5.74) is 0.0323. The number of hydrogen-bond acceptors (Lipinski definition) is 2. The van der Waals surface area contributed by atoms with Crippen LogP contribution in [-0.2, 0) is 9.59 Å². The first-order valence-electron chi connectivity index (χ1n) is 10.9. The molecule has 0 radical (unpaired) electrons. The summed E-state index contributed by atoms with van der Waals surface area (Å²) in [6.45, 7) is 11.0. The van der Waals surface area contributed by atoms with Crippen LogP contribution in [0.4, 0.5) is 0 Å². The summed E-state index contributed by atoms with van der Waals surface area (Å²) in [6.07, 6.45) is 10.7. The Labute approximate surface area is 163 Å². The fraction of sp³-hybridized carbons (Fsp3) is 0.826. The molecule has 2 amide bonds. The number of fused-ring (bicyclic) bond motifs is 5. The first-order chi connectivity index (χ1) is 12.5. The number of amides is 2. The summed E-state index contributed by atoms with van der Waals surface area (Å²) >= 11 is 0. The van der Waals surface area contributed by atoms with Crippen molar-refractivity contribution >= 4 is 11.8 Å². The molecule has 0 aromatic carbocycles. The summed E-state index contributed by atoms with van der Waals surface area (Å²) in [6, 6.07) is 0.280. The van der Waals surface area contributed by atoms with E-state index < -0.39 is 0 Å². The molecule has 0 spiro atoms. The fourth-order valence-electron chi connectivity index (χ4n) is 7.22. The van der Waals surface area contributed by atoms with Crippen LogP contribution in [0, 0.1) is 34.5 Å². The van der Waals surface area contributed by atoms with Crippen molar-refractivity contribution in [3.63, 3.8) is 0 Å². The van der Waals surface area contributed by atoms with Gasteiger partial charge in [0.2, 0.25) is 11.8 Å². The largest absolute Gasteiger partial charge is 0.351 e. The molecular formula is C23H36N2O2. The van der Waals surface area contributed by atoms with Crippen LogP contribution in [0.25, 0.3) is 0 Å². The van der Waals surface area contributed by atoms with Crippen LogP contribution < -0.4 is 10.6 Å². The molecule has 0 saturated heterocycles. The van der Waals surface area contributed by atoms with Crippen molar-refractivity contribution in [2.75, 3.05) is 0 Å². The molecule has 0 aromatic rings. The molecule has 2 N–H and O–H groups in total. The SMILES string of the molecule is CC(C)(C)NC(=O)[C@H]1CC[C@H]2[C@@H]3CC[C@H]4NC(=O)C=C[C@]4(C)[C@@H]3CC[C@]12C. The van der Waals surface area contributed by atoms with E-state index in [1.165, 1.54) is 19.3 Å². The van der Waals surface area contributed by atoms with E-state index in [-0.39, 0.29) is 40.1 Å². The lowest BCUT2D eigenvalue weighted by Crippen LogP contribution is -2.59. The highest BCUT2D eigenvalue weighted by Gasteiger charge is 2.60. The third-order valence-electron chi connectivity index (χ3n) is 8.50. The van der Waals surface area contributed by atoms with Crippen LogP contribution in [0.5, 0.6) is 0 Å². The Hall–Kier alpha value is -1.32. The molecule has 3 aliphatic carbocycles. The Balaban J connectivity index is 1.58. The normalized spacial score (nSPS) is 46.1. The van der Waals surface area contributed by atoms with E-state index in [0.29, 0.717) is 17.8 Å². The van der Waals surface area contributed by atoms with E-state index in [0.717, 1.165) is 19.3 Å². The Bertz CT molecular complexity index is 678. The van der Waals surface area contributed by atoms with E-state index in [1.807, 2.05) is 0 Å². The van der Waals surface area contributed by atoms with E-state index in [9.17, 15) is 9.59 Å². The minimum Gasteiger partial charge on any atom is -0.351 e. The van der Waals surface area contributed by atoms with Crippen LogP contribution in [0.2, 0.25) is 0 Å². The third kappa shape index (κ3) is 2.94. The predicted molar refractivity (Wildman–Crippen MR) is 107 cm³/mol. The van der Waals surface area contributed by atoms with Crippen molar-refractivity contribution in [3.8, 4) is 0 Å². The van der Waals surface area contributed by atoms with Gasteiger partial charge in [0.25, 0.3) is 0 Å². The van der Waals surface area contributed by atoms with Crippen LogP contribution in [-0.4, -0.2) is 23.4 Å². The monoisotopic (exact) mass is 372 g/mol. The Morgan fingerprint density at radius 1 is 1.11 bits per heavy atom. The van der Waals surface area contributed by atoms with Crippen molar-refractivity contribution < 1.29 is 9.59 Å². The lowest BCUT2D eigenvalue weighted by Gasteiger charge is -2.58. The molecule has 3 fully saturated rings. The van der Waals surface area contributed by atoms with Gasteiger partial charge in [-0.1, -0.05) is 19.9 Å². The molecule has 7 atom stereocenters. The van der Waals surface area contributed by atoms with Crippen molar-refractivity contribution in [1.29, 1.82) is 0 Å². The molecular weight excluding hydrogens is 336 g/mol. The Morgan fingerprint density at radius 2 is 1.85 bits per heavy atom. The molecule has 1 aliphatic heterocycles. The van der Waals surface area contributed by atoms with E-state index in [1.54, 1.807) is 6.08 Å². The smallest absolute Gasteiger partial charge is 0.243 e. The highest BCUT2D eigenvalue weighted by atomic mass is 16.2. The van der Waals surface area contributed by atoms with Gasteiger partial charge in [-0.2, -0.15) is 0 Å². The molecule has 27 heavy (non-hydrogen) atoms. The average Bonchev–Trinajstić information content (AvgIpc) is 2.91. The molecule has 3 saturated carbocycles. The second-order valence-corrected chi connectivity index (χ2v) is 11.1. The zero-order valence-corrected chi connectivity index (χ0v) is 17.6. The van der Waals surface area contributed by atoms with Gasteiger partial charge in [0.05, 0.1) is 0 Å². The minimum atomic E-state index is -0.167. The van der Waals surface area contributed by atoms with Gasteiger partial charge in [0, 0.05) is 22.9 Å². The molecule has 4 aliphatic rings. The second kappa shape index (κ2) is 6.09. The first-order valence-corrected chi connectivity index (χ1v) is 10.9. The van der Waals surface area contributed by atoms with Gasteiger partial charge in [0.1, 0.15) is 0 Å². The van der Waals surface area contributed by atoms with Gasteiger partial charge in [-0.3, -0.25) is 9.59 Å². The zero-order chi connectivity index (χ0) is 19.6. The van der Waals surface area contributed by atoms with Gasteiger partial charge in [0.15, 0.2) is 0 Å². The highest BCUT2D eigenvalue weighted by Crippen LogP contribution is 2.65. The lowest BCUT2D eigenvalue weighted by atomic mass is 9.48. The summed E-state index contributed by atoms with van der Waals surface area (Å²) in [5, 5.41) is 6.48. The van der Waals surface area contributed by atoms with Gasteiger partial charge in [-0.25, -0.2) is 0 Å². The maximum Gasteiger partial charge on any atom is 0.243 e. The summed E-state index contributed by atoms with van der Waals surface area (Å²) in [4.78, 5) is 24.9. The van der Waals surface area contributed by atoms with Gasteiger partial charge >= 0.3 is 0 Å². The van der Waals surface area contributed by atoms with Crippen LogP contribution in [0.3, 0.4) is 0 Å². The summed E-state index contributed by atoms with van der Waals surface area (Å²) < 4.78 is 0. The van der Waals surface area contributed by atoms with Gasteiger partial charge in [-0.15, -0.1) is 0 Å². The average molecular weight is 373 g/mol. The number of rotatable bonds is 1. The standard InChI is InChI=1S/C23H36N2O2/c1-21(2,3)25-20(27)17-8-7-15-14-6-9-18-23(5,13-11-19(26)24-18)16(14)10-12-22(15,17)4/h11,13-18H,6-10,12H2,1-5H3,(H,24,26)(H,25,27)/t14-,15-,16+,17+,18+,22-,23+/m0/s1. The third-order valence-corrected chi connectivity index (χ3v) is 8.50. The molecule has 0 unspecified atom stereocenters. The molecule has 0 aromatic heterocycles. The molecule has 1 heterocycles. The molecule has 4 rings (SSSR count). The number of hydrogen-bond donors (Lipinski definition) is 2. The molecule has 4 heteroatoms. The Morgan fingerprint density at radius 3 is 2.56 bits per heavy atom. The molecule has 4 nitrogen and oxygen atoms in total. The van der Waals surface area contributed by atoms with Crippen molar-refractivity contribution in [2.45, 2.75) is 84.7 Å². The fourth-order valence-corrected chi connectivity index (χ4v) is 7.22. The minimum absolute atomic E-state index is 0.0661. The topological polar surface area (TPSA) is 58.2 Å².